The van der Waals surface area contributed by atoms with Gasteiger partial charge in [-0.15, -0.1) is 0 Å². The molecule has 0 saturated heterocycles. The van der Waals surface area contributed by atoms with E-state index in [2.05, 4.69) is 75.7 Å². The standard InChI is InChI=1S/C15H20IN3/c1-3-8-17-14(15-18-9-10-19(15)2)11-12-4-6-13(16)7-5-12/h4-7,9-10,14,17H,3,8,11H2,1-2H3. The Morgan fingerprint density at radius 2 is 2.05 bits per heavy atom. The first-order valence-electron chi connectivity index (χ1n) is 6.65. The smallest absolute Gasteiger partial charge is 0.125 e. The van der Waals surface area contributed by atoms with Crippen LogP contribution in [0, 0.1) is 3.57 Å². The van der Waals surface area contributed by atoms with Gasteiger partial charge in [-0.1, -0.05) is 19.1 Å². The Balaban J connectivity index is 2.14. The molecule has 19 heavy (non-hydrogen) atoms. The average molecular weight is 369 g/mol. The predicted octanol–water partition coefficient (Wildman–Crippen LogP) is 3.31. The monoisotopic (exact) mass is 369 g/mol. The van der Waals surface area contributed by atoms with E-state index in [-0.39, 0.29) is 6.04 Å². The summed E-state index contributed by atoms with van der Waals surface area (Å²) in [5, 5.41) is 3.59. The summed E-state index contributed by atoms with van der Waals surface area (Å²) in [4.78, 5) is 4.48. The van der Waals surface area contributed by atoms with Crippen LogP contribution < -0.4 is 5.32 Å². The lowest BCUT2D eigenvalue weighted by Crippen LogP contribution is -2.26. The van der Waals surface area contributed by atoms with Gasteiger partial charge < -0.3 is 9.88 Å². The number of imidazole rings is 1. The van der Waals surface area contributed by atoms with Crippen LogP contribution in [0.2, 0.25) is 0 Å². The lowest BCUT2D eigenvalue weighted by molar-refractivity contribution is 0.491. The highest BCUT2D eigenvalue weighted by Crippen LogP contribution is 2.17. The van der Waals surface area contributed by atoms with Gasteiger partial charge in [-0.3, -0.25) is 0 Å². The fraction of sp³-hybridized carbons (Fsp3) is 0.400. The molecular weight excluding hydrogens is 349 g/mol. The molecule has 1 N–H and O–H groups in total. The fourth-order valence-corrected chi connectivity index (χ4v) is 2.50. The number of aryl methyl sites for hydroxylation is 1. The van der Waals surface area contributed by atoms with Crippen molar-refractivity contribution in [2.45, 2.75) is 25.8 Å². The van der Waals surface area contributed by atoms with E-state index in [1.54, 1.807) is 0 Å². The van der Waals surface area contributed by atoms with Gasteiger partial charge in [0, 0.05) is 23.0 Å². The Hall–Kier alpha value is -0.880. The van der Waals surface area contributed by atoms with Crippen LogP contribution in [0.1, 0.15) is 30.8 Å². The molecule has 0 spiro atoms. The average Bonchev–Trinajstić information content (AvgIpc) is 2.83. The van der Waals surface area contributed by atoms with Crippen LogP contribution >= 0.6 is 22.6 Å². The number of halogens is 1. The van der Waals surface area contributed by atoms with Crippen LogP contribution in [0.25, 0.3) is 0 Å². The molecule has 1 unspecified atom stereocenters. The highest BCUT2D eigenvalue weighted by atomic mass is 127. The molecule has 0 radical (unpaired) electrons. The molecule has 0 amide bonds. The molecule has 1 aromatic carbocycles. The number of hydrogen-bond donors (Lipinski definition) is 1. The predicted molar refractivity (Wildman–Crippen MR) is 87.1 cm³/mol. The largest absolute Gasteiger partial charge is 0.337 e. The summed E-state index contributed by atoms with van der Waals surface area (Å²) in [6.07, 6.45) is 5.98. The minimum Gasteiger partial charge on any atom is -0.337 e. The summed E-state index contributed by atoms with van der Waals surface area (Å²) in [5.41, 5.74) is 1.34. The SMILES string of the molecule is CCCNC(Cc1ccc(I)cc1)c1nccn1C. The van der Waals surface area contributed by atoms with E-state index in [1.165, 1.54) is 9.13 Å². The van der Waals surface area contributed by atoms with Crippen LogP contribution in [0.3, 0.4) is 0 Å². The number of rotatable bonds is 6. The maximum absolute atomic E-state index is 4.48. The third-order valence-electron chi connectivity index (χ3n) is 3.16. The molecular formula is C15H20IN3. The minimum atomic E-state index is 0.278. The number of hydrogen-bond acceptors (Lipinski definition) is 2. The van der Waals surface area contributed by atoms with E-state index in [4.69, 9.17) is 0 Å². The summed E-state index contributed by atoms with van der Waals surface area (Å²) >= 11 is 2.34. The Bertz CT molecular complexity index is 504. The second kappa shape index (κ2) is 7.05. The summed E-state index contributed by atoms with van der Waals surface area (Å²) in [6.45, 7) is 3.20. The van der Waals surface area contributed by atoms with Crippen LogP contribution in [0.5, 0.6) is 0 Å². The Labute approximate surface area is 128 Å². The minimum absolute atomic E-state index is 0.278. The van der Waals surface area contributed by atoms with E-state index in [1.807, 2.05) is 12.4 Å². The van der Waals surface area contributed by atoms with Crippen molar-refractivity contribution >= 4 is 22.6 Å². The molecule has 2 aromatic rings. The quantitative estimate of drug-likeness (QED) is 0.792. The van der Waals surface area contributed by atoms with Crippen molar-refractivity contribution in [2.24, 2.45) is 7.05 Å². The fourth-order valence-electron chi connectivity index (χ4n) is 2.14. The Morgan fingerprint density at radius 3 is 2.63 bits per heavy atom. The van der Waals surface area contributed by atoms with E-state index in [9.17, 15) is 0 Å². The zero-order valence-corrected chi connectivity index (χ0v) is 13.6. The maximum Gasteiger partial charge on any atom is 0.125 e. The second-order valence-electron chi connectivity index (χ2n) is 4.73. The van der Waals surface area contributed by atoms with Gasteiger partial charge in [0.05, 0.1) is 6.04 Å². The molecule has 4 heteroatoms. The Kier molecular flexibility index (Phi) is 5.39. The van der Waals surface area contributed by atoms with Gasteiger partial charge in [0.15, 0.2) is 0 Å². The topological polar surface area (TPSA) is 29.9 Å². The molecule has 2 rings (SSSR count). The van der Waals surface area contributed by atoms with Crippen molar-refractivity contribution in [1.29, 1.82) is 0 Å². The molecule has 3 nitrogen and oxygen atoms in total. The highest BCUT2D eigenvalue weighted by molar-refractivity contribution is 14.1. The van der Waals surface area contributed by atoms with Gasteiger partial charge >= 0.3 is 0 Å². The van der Waals surface area contributed by atoms with E-state index in [0.717, 1.165) is 25.2 Å². The highest BCUT2D eigenvalue weighted by Gasteiger charge is 2.15. The van der Waals surface area contributed by atoms with Crippen molar-refractivity contribution in [3.63, 3.8) is 0 Å². The second-order valence-corrected chi connectivity index (χ2v) is 5.98. The lowest BCUT2D eigenvalue weighted by atomic mass is 10.1. The van der Waals surface area contributed by atoms with E-state index >= 15 is 0 Å². The number of aromatic nitrogens is 2. The number of benzene rings is 1. The Morgan fingerprint density at radius 1 is 1.32 bits per heavy atom. The van der Waals surface area contributed by atoms with E-state index in [0.29, 0.717) is 0 Å². The van der Waals surface area contributed by atoms with Gasteiger partial charge in [-0.2, -0.15) is 0 Å². The van der Waals surface area contributed by atoms with Gasteiger partial charge in [0.25, 0.3) is 0 Å². The third kappa shape index (κ3) is 4.04. The van der Waals surface area contributed by atoms with Gasteiger partial charge in [-0.05, 0) is 59.7 Å². The third-order valence-corrected chi connectivity index (χ3v) is 3.88. The van der Waals surface area contributed by atoms with Crippen molar-refractivity contribution < 1.29 is 0 Å². The zero-order chi connectivity index (χ0) is 13.7. The molecule has 1 atom stereocenters. The van der Waals surface area contributed by atoms with Crippen molar-refractivity contribution in [1.82, 2.24) is 14.9 Å². The molecule has 0 aliphatic heterocycles. The van der Waals surface area contributed by atoms with Gasteiger partial charge in [0.2, 0.25) is 0 Å². The first-order chi connectivity index (χ1) is 9.20. The first-order valence-corrected chi connectivity index (χ1v) is 7.73. The summed E-state index contributed by atoms with van der Waals surface area (Å²) in [5.74, 6) is 1.10. The molecule has 0 aliphatic carbocycles. The van der Waals surface area contributed by atoms with Crippen molar-refractivity contribution in [3.8, 4) is 0 Å². The summed E-state index contributed by atoms with van der Waals surface area (Å²) in [7, 11) is 2.05. The van der Waals surface area contributed by atoms with Crippen LogP contribution in [0.4, 0.5) is 0 Å². The normalized spacial score (nSPS) is 12.6. The molecule has 1 aromatic heterocycles. The molecule has 102 valence electrons. The number of nitrogens with zero attached hydrogens (tertiary/aromatic N) is 2. The summed E-state index contributed by atoms with van der Waals surface area (Å²) in [6, 6.07) is 8.99. The van der Waals surface area contributed by atoms with E-state index < -0.39 is 0 Å². The van der Waals surface area contributed by atoms with Crippen molar-refractivity contribution in [2.75, 3.05) is 6.54 Å². The molecule has 0 saturated carbocycles. The first kappa shape index (κ1) is 14.5. The van der Waals surface area contributed by atoms with Crippen LogP contribution in [0.15, 0.2) is 36.7 Å². The number of nitrogens with one attached hydrogen (secondary N) is 1. The van der Waals surface area contributed by atoms with Gasteiger partial charge in [0.1, 0.15) is 5.82 Å². The molecule has 0 bridgehead atoms. The summed E-state index contributed by atoms with van der Waals surface area (Å²) < 4.78 is 3.37. The maximum atomic E-state index is 4.48. The van der Waals surface area contributed by atoms with Crippen LogP contribution in [-0.2, 0) is 13.5 Å². The van der Waals surface area contributed by atoms with Gasteiger partial charge in [-0.25, -0.2) is 4.98 Å². The van der Waals surface area contributed by atoms with Crippen LogP contribution in [-0.4, -0.2) is 16.1 Å². The van der Waals surface area contributed by atoms with Crippen molar-refractivity contribution in [3.05, 3.63) is 51.6 Å². The molecule has 1 heterocycles. The lowest BCUT2D eigenvalue weighted by Gasteiger charge is -2.18. The molecule has 0 fully saturated rings. The molecule has 0 aliphatic rings. The zero-order valence-electron chi connectivity index (χ0n) is 11.4.